The normalized spacial score (nSPS) is 28.5. The van der Waals surface area contributed by atoms with Crippen LogP contribution in [0.25, 0.3) is 0 Å². The van der Waals surface area contributed by atoms with Gasteiger partial charge < -0.3 is 5.32 Å². The highest BCUT2D eigenvalue weighted by molar-refractivity contribution is 6.25. The van der Waals surface area contributed by atoms with E-state index in [-0.39, 0.29) is 0 Å². The molecule has 1 heterocycles. The summed E-state index contributed by atoms with van der Waals surface area (Å²) in [4.78, 5) is 2.57. The van der Waals surface area contributed by atoms with Crippen LogP contribution < -0.4 is 5.32 Å². The van der Waals surface area contributed by atoms with Gasteiger partial charge in [0.05, 0.1) is 0 Å². The minimum absolute atomic E-state index is 0.315. The summed E-state index contributed by atoms with van der Waals surface area (Å²) in [5, 5.41) is 3.69. The van der Waals surface area contributed by atoms with Crippen LogP contribution in [0.4, 0.5) is 0 Å². The summed E-state index contributed by atoms with van der Waals surface area (Å²) in [6.45, 7) is 14.5. The Bertz CT molecular complexity index is 268. The lowest BCUT2D eigenvalue weighted by Gasteiger charge is -2.45. The molecule has 0 bridgehead atoms. The molecule has 2 atom stereocenters. The molecule has 0 amide bonds. The third-order valence-corrected chi connectivity index (χ3v) is 4.06. The van der Waals surface area contributed by atoms with Crippen LogP contribution >= 0.6 is 11.6 Å². The Morgan fingerprint density at radius 2 is 2.12 bits per heavy atom. The van der Waals surface area contributed by atoms with Gasteiger partial charge in [-0.05, 0) is 24.3 Å². The molecule has 0 aliphatic carbocycles. The second-order valence-electron chi connectivity index (χ2n) is 6.27. The molecule has 100 valence electrons. The van der Waals surface area contributed by atoms with Crippen molar-refractivity contribution in [2.75, 3.05) is 19.6 Å². The Kier molecular flexibility index (Phi) is 5.49. The van der Waals surface area contributed by atoms with E-state index in [1.54, 1.807) is 5.54 Å². The van der Waals surface area contributed by atoms with E-state index in [1.807, 2.05) is 0 Å². The first-order valence-corrected chi connectivity index (χ1v) is 7.05. The molecule has 1 aliphatic rings. The van der Waals surface area contributed by atoms with Gasteiger partial charge in [0.25, 0.3) is 0 Å². The van der Waals surface area contributed by atoms with Crippen LogP contribution in [0.15, 0.2) is 11.1 Å². The first-order valence-electron chi connectivity index (χ1n) is 6.61. The Morgan fingerprint density at radius 1 is 1.47 bits per heavy atom. The van der Waals surface area contributed by atoms with Gasteiger partial charge in [0, 0.05) is 37.3 Å². The summed E-state index contributed by atoms with van der Waals surface area (Å²) in [6.07, 6.45) is 1.19. The largest absolute Gasteiger partial charge is 0.311 e. The molecule has 0 aromatic carbocycles. The van der Waals surface area contributed by atoms with Crippen molar-refractivity contribution >= 4 is 11.6 Å². The first kappa shape index (κ1) is 15.0. The number of nitrogens with one attached hydrogen (secondary N) is 1. The summed E-state index contributed by atoms with van der Waals surface area (Å²) < 4.78 is 0. The molecule has 17 heavy (non-hydrogen) atoms. The lowest BCUT2D eigenvalue weighted by molar-refractivity contribution is 0.0917. The lowest BCUT2D eigenvalue weighted by atomic mass is 9.84. The van der Waals surface area contributed by atoms with Gasteiger partial charge in [-0.3, -0.25) is 4.90 Å². The molecule has 2 nitrogen and oxygen atoms in total. The van der Waals surface area contributed by atoms with Crippen molar-refractivity contribution in [3.05, 3.63) is 11.1 Å². The van der Waals surface area contributed by atoms with Crippen molar-refractivity contribution in [3.8, 4) is 0 Å². The fourth-order valence-corrected chi connectivity index (χ4v) is 2.46. The van der Waals surface area contributed by atoms with Crippen molar-refractivity contribution in [2.24, 2.45) is 5.41 Å². The number of nitrogens with zero attached hydrogens (tertiary/aromatic N) is 1. The maximum Gasteiger partial charge on any atom is 0.0244 e. The highest BCUT2D eigenvalue weighted by atomic mass is 35.5. The van der Waals surface area contributed by atoms with Gasteiger partial charge in [0.1, 0.15) is 0 Å². The Balaban J connectivity index is 2.68. The average molecular weight is 259 g/mol. The fourth-order valence-electron chi connectivity index (χ4n) is 2.39. The van der Waals surface area contributed by atoms with Crippen molar-refractivity contribution < 1.29 is 0 Å². The van der Waals surface area contributed by atoms with Crippen molar-refractivity contribution in [2.45, 2.75) is 53.1 Å². The van der Waals surface area contributed by atoms with E-state index in [0.717, 1.165) is 19.6 Å². The SMILES string of the molecule is CCC1CNC(C(C)(C)C)CN1CC(C)=CCl. The predicted octanol–water partition coefficient (Wildman–Crippen LogP) is 3.23. The van der Waals surface area contributed by atoms with Crippen molar-refractivity contribution in [1.82, 2.24) is 10.2 Å². The molecule has 0 spiro atoms. The zero-order valence-electron chi connectivity index (χ0n) is 11.9. The molecule has 0 radical (unpaired) electrons. The first-order chi connectivity index (χ1) is 7.88. The van der Waals surface area contributed by atoms with Crippen LogP contribution in [-0.2, 0) is 0 Å². The third-order valence-electron chi connectivity index (χ3n) is 3.69. The Hall–Kier alpha value is -0.0500. The summed E-state index contributed by atoms with van der Waals surface area (Å²) in [5.41, 5.74) is 3.27. The molecular formula is C14H27ClN2. The minimum atomic E-state index is 0.315. The van der Waals surface area contributed by atoms with Gasteiger partial charge >= 0.3 is 0 Å². The van der Waals surface area contributed by atoms with Crippen LogP contribution in [0.1, 0.15) is 41.0 Å². The summed E-state index contributed by atoms with van der Waals surface area (Å²) in [7, 11) is 0. The molecule has 0 aromatic heterocycles. The van der Waals surface area contributed by atoms with Crippen molar-refractivity contribution in [3.63, 3.8) is 0 Å². The van der Waals surface area contributed by atoms with E-state index in [4.69, 9.17) is 11.6 Å². The summed E-state index contributed by atoms with van der Waals surface area (Å²) >= 11 is 5.78. The van der Waals surface area contributed by atoms with E-state index in [2.05, 4.69) is 44.8 Å². The zero-order chi connectivity index (χ0) is 13.1. The monoisotopic (exact) mass is 258 g/mol. The van der Waals surface area contributed by atoms with Crippen LogP contribution in [0, 0.1) is 5.41 Å². The second kappa shape index (κ2) is 6.21. The number of piperazine rings is 1. The molecule has 0 aromatic rings. The second-order valence-corrected chi connectivity index (χ2v) is 6.49. The summed E-state index contributed by atoms with van der Waals surface area (Å²) in [6, 6.07) is 1.20. The van der Waals surface area contributed by atoms with Crippen LogP contribution in [0.2, 0.25) is 0 Å². The highest BCUT2D eigenvalue weighted by Gasteiger charge is 2.33. The van der Waals surface area contributed by atoms with Gasteiger partial charge in [-0.1, -0.05) is 39.3 Å². The third kappa shape index (κ3) is 4.27. The molecule has 1 N–H and O–H groups in total. The lowest BCUT2D eigenvalue weighted by Crippen LogP contribution is -2.60. The van der Waals surface area contributed by atoms with E-state index in [0.29, 0.717) is 17.5 Å². The quantitative estimate of drug-likeness (QED) is 0.836. The Morgan fingerprint density at radius 3 is 2.59 bits per heavy atom. The number of hydrogen-bond donors (Lipinski definition) is 1. The molecule has 1 aliphatic heterocycles. The van der Waals surface area contributed by atoms with E-state index in [9.17, 15) is 0 Å². The molecule has 1 fully saturated rings. The number of hydrogen-bond acceptors (Lipinski definition) is 2. The number of rotatable bonds is 3. The predicted molar refractivity (Wildman–Crippen MR) is 76.5 cm³/mol. The molecule has 1 rings (SSSR count). The van der Waals surface area contributed by atoms with Crippen LogP contribution in [-0.4, -0.2) is 36.6 Å². The van der Waals surface area contributed by atoms with Gasteiger partial charge in [-0.15, -0.1) is 0 Å². The fraction of sp³-hybridized carbons (Fsp3) is 0.857. The van der Waals surface area contributed by atoms with E-state index in [1.165, 1.54) is 12.0 Å². The van der Waals surface area contributed by atoms with E-state index >= 15 is 0 Å². The Labute approximate surface area is 111 Å². The summed E-state index contributed by atoms with van der Waals surface area (Å²) in [5.74, 6) is 0. The van der Waals surface area contributed by atoms with Gasteiger partial charge in [0.2, 0.25) is 0 Å². The number of halogens is 1. The van der Waals surface area contributed by atoms with Crippen LogP contribution in [0.3, 0.4) is 0 Å². The van der Waals surface area contributed by atoms with Gasteiger partial charge in [-0.25, -0.2) is 0 Å². The van der Waals surface area contributed by atoms with E-state index < -0.39 is 0 Å². The molecule has 3 heteroatoms. The standard InChI is InChI=1S/C14H27ClN2/c1-6-12-8-16-13(14(3,4)5)10-17(12)9-11(2)7-15/h7,12-13,16H,6,8-10H2,1-5H3. The molecule has 1 saturated heterocycles. The molecule has 0 saturated carbocycles. The molecule has 2 unspecified atom stereocenters. The average Bonchev–Trinajstić information content (AvgIpc) is 2.27. The zero-order valence-corrected chi connectivity index (χ0v) is 12.6. The van der Waals surface area contributed by atoms with Crippen LogP contribution in [0.5, 0.6) is 0 Å². The van der Waals surface area contributed by atoms with Gasteiger partial charge in [0.15, 0.2) is 0 Å². The maximum absolute atomic E-state index is 5.78. The minimum Gasteiger partial charge on any atom is -0.311 e. The maximum atomic E-state index is 5.78. The molecular weight excluding hydrogens is 232 g/mol. The highest BCUT2D eigenvalue weighted by Crippen LogP contribution is 2.24. The topological polar surface area (TPSA) is 15.3 Å². The van der Waals surface area contributed by atoms with Gasteiger partial charge in [-0.2, -0.15) is 0 Å². The smallest absolute Gasteiger partial charge is 0.0244 e. The van der Waals surface area contributed by atoms with Crippen molar-refractivity contribution in [1.29, 1.82) is 0 Å².